The molecule has 0 unspecified atom stereocenters. The minimum absolute atomic E-state index is 0.0839. The average molecular weight is 383 g/mol. The molecule has 0 fully saturated rings. The van der Waals surface area contributed by atoms with Gasteiger partial charge < -0.3 is 14.2 Å². The molecule has 0 heterocycles. The highest BCUT2D eigenvalue weighted by atomic mass is 16.8. The molecule has 0 amide bonds. The molecule has 0 aromatic carbocycles. The van der Waals surface area contributed by atoms with E-state index >= 15 is 0 Å². The summed E-state index contributed by atoms with van der Waals surface area (Å²) in [7, 11) is 0. The lowest BCUT2D eigenvalue weighted by atomic mass is 9.65. The third kappa shape index (κ3) is 9.12. The molecule has 5 heteroatoms. The number of allylic oxidation sites excluding steroid dienone is 3. The quantitative estimate of drug-likeness (QED) is 0.215. The molecule has 0 saturated carbocycles. The smallest absolute Gasteiger partial charge is 0.427 e. The molecule has 156 valence electrons. The van der Waals surface area contributed by atoms with Crippen LogP contribution in [0.3, 0.4) is 0 Å². The molecular weight excluding hydrogens is 344 g/mol. The van der Waals surface area contributed by atoms with Crippen molar-refractivity contribution >= 4 is 12.1 Å². The maximum Gasteiger partial charge on any atom is 0.516 e. The zero-order valence-corrected chi connectivity index (χ0v) is 18.8. The summed E-state index contributed by atoms with van der Waals surface area (Å²) >= 11 is 0. The predicted octanol–water partition coefficient (Wildman–Crippen LogP) is 6.24. The van der Waals surface area contributed by atoms with Gasteiger partial charge in [-0.1, -0.05) is 74.0 Å². The highest BCUT2D eigenvalue weighted by molar-refractivity contribution is 5.71. The first-order valence-electron chi connectivity index (χ1n) is 9.45. The van der Waals surface area contributed by atoms with Crippen LogP contribution < -0.4 is 0 Å². The zero-order chi connectivity index (χ0) is 21.5. The lowest BCUT2D eigenvalue weighted by molar-refractivity contribution is -0.156. The van der Waals surface area contributed by atoms with Crippen LogP contribution in [-0.2, 0) is 19.0 Å². The van der Waals surface area contributed by atoms with Gasteiger partial charge in [0, 0.05) is 0 Å². The normalized spacial score (nSPS) is 13.8. The van der Waals surface area contributed by atoms with Gasteiger partial charge in [-0.3, -0.25) is 4.79 Å². The number of esters is 1. The van der Waals surface area contributed by atoms with Crippen LogP contribution in [0, 0.1) is 22.2 Å². The van der Waals surface area contributed by atoms with Crippen LogP contribution in [0.4, 0.5) is 4.79 Å². The SMILES string of the molecule is C/C(=C/CC(C)(C)/C=C\OC(=O)OCOC(=O)C(C)C)C(C)(C)C(C)(C)C. The van der Waals surface area contributed by atoms with Gasteiger partial charge in [0.25, 0.3) is 0 Å². The Morgan fingerprint density at radius 1 is 0.963 bits per heavy atom. The van der Waals surface area contributed by atoms with Gasteiger partial charge in [0.05, 0.1) is 12.2 Å². The molecule has 27 heavy (non-hydrogen) atoms. The molecule has 0 atom stereocenters. The Labute approximate surface area is 165 Å². The van der Waals surface area contributed by atoms with Crippen molar-refractivity contribution < 1.29 is 23.8 Å². The molecule has 0 radical (unpaired) electrons. The third-order valence-electron chi connectivity index (χ3n) is 5.33. The average Bonchev–Trinajstić information content (AvgIpc) is 2.51. The number of rotatable bonds is 8. The van der Waals surface area contributed by atoms with Crippen LogP contribution in [0.1, 0.15) is 75.7 Å². The third-order valence-corrected chi connectivity index (χ3v) is 5.33. The van der Waals surface area contributed by atoms with E-state index in [4.69, 9.17) is 14.2 Å². The van der Waals surface area contributed by atoms with Crippen molar-refractivity contribution in [1.29, 1.82) is 0 Å². The molecule has 0 N–H and O–H groups in total. The highest BCUT2D eigenvalue weighted by Gasteiger charge is 2.34. The molecule has 0 rings (SSSR count). The Hall–Kier alpha value is -1.78. The maximum absolute atomic E-state index is 11.5. The molecule has 0 aromatic rings. The van der Waals surface area contributed by atoms with Gasteiger partial charge in [-0.2, -0.15) is 0 Å². The van der Waals surface area contributed by atoms with Crippen molar-refractivity contribution in [2.45, 2.75) is 75.7 Å². The Morgan fingerprint density at radius 3 is 2.00 bits per heavy atom. The highest BCUT2D eigenvalue weighted by Crippen LogP contribution is 2.44. The summed E-state index contributed by atoms with van der Waals surface area (Å²) in [6.45, 7) is 20.5. The second-order valence-corrected chi connectivity index (χ2v) is 9.51. The monoisotopic (exact) mass is 382 g/mol. The van der Waals surface area contributed by atoms with Crippen LogP contribution in [0.5, 0.6) is 0 Å². The summed E-state index contributed by atoms with van der Waals surface area (Å²) < 4.78 is 14.3. The number of ether oxygens (including phenoxy) is 3. The van der Waals surface area contributed by atoms with E-state index in [1.807, 2.05) is 6.08 Å². The molecule has 0 aliphatic heterocycles. The standard InChI is InChI=1S/C22H38O5/c1-16(2)18(23)26-15-27-19(24)25-14-13-21(7,8)12-11-17(3)22(9,10)20(4,5)6/h11,13-14,16H,12,15H2,1-10H3/b14-13-,17-11-. The van der Waals surface area contributed by atoms with Gasteiger partial charge >= 0.3 is 12.1 Å². The maximum atomic E-state index is 11.5. The molecule has 0 aliphatic carbocycles. The second kappa shape index (κ2) is 9.95. The fourth-order valence-electron chi connectivity index (χ4n) is 1.94. The first-order valence-corrected chi connectivity index (χ1v) is 9.45. The minimum atomic E-state index is -0.904. The summed E-state index contributed by atoms with van der Waals surface area (Å²) in [5, 5.41) is 0. The van der Waals surface area contributed by atoms with Crippen molar-refractivity contribution in [3.63, 3.8) is 0 Å². The Kier molecular flexibility index (Phi) is 9.30. The van der Waals surface area contributed by atoms with E-state index in [0.717, 1.165) is 6.42 Å². The van der Waals surface area contributed by atoms with Crippen molar-refractivity contribution in [3.05, 3.63) is 24.0 Å². The van der Waals surface area contributed by atoms with Crippen LogP contribution in [0.25, 0.3) is 0 Å². The van der Waals surface area contributed by atoms with Gasteiger partial charge in [-0.15, -0.1) is 0 Å². The topological polar surface area (TPSA) is 61.8 Å². The predicted molar refractivity (Wildman–Crippen MR) is 108 cm³/mol. The first-order chi connectivity index (χ1) is 12.1. The number of carbonyl (C=O) groups is 2. The van der Waals surface area contributed by atoms with E-state index < -0.39 is 18.9 Å². The van der Waals surface area contributed by atoms with Crippen LogP contribution >= 0.6 is 0 Å². The molecule has 5 nitrogen and oxygen atoms in total. The second-order valence-electron chi connectivity index (χ2n) is 9.51. The Bertz CT molecular complexity index is 560. The van der Waals surface area contributed by atoms with Crippen molar-refractivity contribution in [2.75, 3.05) is 6.79 Å². The van der Waals surface area contributed by atoms with Crippen molar-refractivity contribution in [2.24, 2.45) is 22.2 Å². The van der Waals surface area contributed by atoms with Crippen molar-refractivity contribution in [3.8, 4) is 0 Å². The summed E-state index contributed by atoms with van der Waals surface area (Å²) in [5.74, 6) is -0.704. The van der Waals surface area contributed by atoms with Crippen LogP contribution in [0.15, 0.2) is 24.0 Å². The molecular formula is C22H38O5. The molecule has 0 aromatic heterocycles. The van der Waals surface area contributed by atoms with E-state index in [1.165, 1.54) is 11.8 Å². The summed E-state index contributed by atoms with van der Waals surface area (Å²) in [5.41, 5.74) is 1.41. The van der Waals surface area contributed by atoms with E-state index in [-0.39, 0.29) is 22.2 Å². The molecule has 0 bridgehead atoms. The zero-order valence-electron chi connectivity index (χ0n) is 18.8. The summed E-state index contributed by atoms with van der Waals surface area (Å²) in [6.07, 6.45) is 5.31. The fourth-order valence-corrected chi connectivity index (χ4v) is 1.94. The van der Waals surface area contributed by atoms with E-state index in [2.05, 4.69) is 61.5 Å². The lowest BCUT2D eigenvalue weighted by Crippen LogP contribution is -2.30. The minimum Gasteiger partial charge on any atom is -0.427 e. The van der Waals surface area contributed by atoms with E-state index in [1.54, 1.807) is 13.8 Å². The van der Waals surface area contributed by atoms with E-state index in [0.29, 0.717) is 0 Å². The van der Waals surface area contributed by atoms with Gasteiger partial charge in [-0.05, 0) is 35.7 Å². The Balaban J connectivity index is 4.56. The number of hydrogen-bond acceptors (Lipinski definition) is 5. The number of carbonyl (C=O) groups excluding carboxylic acids is 2. The van der Waals surface area contributed by atoms with E-state index in [9.17, 15) is 9.59 Å². The molecule has 0 saturated heterocycles. The van der Waals surface area contributed by atoms with Crippen molar-refractivity contribution in [1.82, 2.24) is 0 Å². The van der Waals surface area contributed by atoms with Gasteiger partial charge in [0.2, 0.25) is 6.79 Å². The fraction of sp³-hybridized carbons (Fsp3) is 0.727. The largest absolute Gasteiger partial charge is 0.516 e. The Morgan fingerprint density at radius 2 is 1.52 bits per heavy atom. The van der Waals surface area contributed by atoms with Crippen LogP contribution in [0.2, 0.25) is 0 Å². The van der Waals surface area contributed by atoms with Gasteiger partial charge in [0.15, 0.2) is 0 Å². The van der Waals surface area contributed by atoms with Gasteiger partial charge in [-0.25, -0.2) is 4.79 Å². The molecule has 0 aliphatic rings. The molecule has 0 spiro atoms. The summed E-state index contributed by atoms with van der Waals surface area (Å²) in [4.78, 5) is 22.7. The van der Waals surface area contributed by atoms with Crippen LogP contribution in [-0.4, -0.2) is 18.9 Å². The van der Waals surface area contributed by atoms with Gasteiger partial charge in [0.1, 0.15) is 0 Å². The lowest BCUT2D eigenvalue weighted by Gasteiger charge is -2.40. The first kappa shape index (κ1) is 25.2. The number of hydrogen-bond donors (Lipinski definition) is 0. The summed E-state index contributed by atoms with van der Waals surface area (Å²) in [6, 6.07) is 0.